The van der Waals surface area contributed by atoms with E-state index in [4.69, 9.17) is 4.52 Å². The highest BCUT2D eigenvalue weighted by atomic mass is 16.5. The van der Waals surface area contributed by atoms with Gasteiger partial charge in [-0.05, 0) is 24.0 Å². The highest BCUT2D eigenvalue weighted by molar-refractivity contribution is 5.46. The van der Waals surface area contributed by atoms with Gasteiger partial charge < -0.3 is 9.51 Å². The molecule has 0 aromatic carbocycles. The largest absolute Gasteiger partial charge is 0.346 e. The lowest BCUT2D eigenvalue weighted by Gasteiger charge is -2.21. The van der Waals surface area contributed by atoms with Gasteiger partial charge in [0.15, 0.2) is 0 Å². The van der Waals surface area contributed by atoms with Crippen molar-refractivity contribution in [1.29, 1.82) is 0 Å². The minimum atomic E-state index is 0.286. The SMILES string of the molecule is CCC(C)(C)Cc1cnc(CCc2nc(-c3ccccn3)no2)[nH]1. The molecule has 0 fully saturated rings. The van der Waals surface area contributed by atoms with Crippen LogP contribution in [0.5, 0.6) is 0 Å². The molecule has 3 aromatic rings. The molecule has 6 heteroatoms. The number of aromatic nitrogens is 5. The van der Waals surface area contributed by atoms with Crippen LogP contribution in [0, 0.1) is 5.41 Å². The van der Waals surface area contributed by atoms with Gasteiger partial charge in [0.05, 0.1) is 0 Å². The fraction of sp³-hybridized carbons (Fsp3) is 0.444. The third-order valence-electron chi connectivity index (χ3n) is 4.24. The van der Waals surface area contributed by atoms with Crippen molar-refractivity contribution in [2.45, 2.75) is 46.5 Å². The Morgan fingerprint density at radius 3 is 2.79 bits per heavy atom. The molecular formula is C18H23N5O. The summed E-state index contributed by atoms with van der Waals surface area (Å²) < 4.78 is 5.30. The zero-order valence-corrected chi connectivity index (χ0v) is 14.4. The van der Waals surface area contributed by atoms with Crippen LogP contribution < -0.4 is 0 Å². The monoisotopic (exact) mass is 325 g/mol. The summed E-state index contributed by atoms with van der Waals surface area (Å²) in [6.07, 6.45) is 7.19. The molecule has 0 unspecified atom stereocenters. The number of nitrogens with zero attached hydrogens (tertiary/aromatic N) is 4. The quantitative estimate of drug-likeness (QED) is 0.717. The molecule has 0 radical (unpaired) electrons. The first-order valence-corrected chi connectivity index (χ1v) is 8.32. The minimum Gasteiger partial charge on any atom is -0.346 e. The molecule has 126 valence electrons. The summed E-state index contributed by atoms with van der Waals surface area (Å²) in [6.45, 7) is 6.75. The van der Waals surface area contributed by atoms with Gasteiger partial charge in [-0.1, -0.05) is 38.4 Å². The molecule has 0 aliphatic rings. The van der Waals surface area contributed by atoms with Crippen molar-refractivity contribution < 1.29 is 4.52 Å². The molecule has 3 rings (SSSR count). The predicted molar refractivity (Wildman–Crippen MR) is 91.3 cm³/mol. The topological polar surface area (TPSA) is 80.5 Å². The second-order valence-electron chi connectivity index (χ2n) is 6.78. The first kappa shape index (κ1) is 16.4. The number of imidazole rings is 1. The average Bonchev–Trinajstić information content (AvgIpc) is 3.23. The van der Waals surface area contributed by atoms with E-state index in [9.17, 15) is 0 Å². The fourth-order valence-electron chi connectivity index (χ4n) is 2.44. The lowest BCUT2D eigenvalue weighted by atomic mass is 9.85. The van der Waals surface area contributed by atoms with Crippen molar-refractivity contribution in [1.82, 2.24) is 25.1 Å². The van der Waals surface area contributed by atoms with Gasteiger partial charge in [0.2, 0.25) is 11.7 Å². The van der Waals surface area contributed by atoms with E-state index in [-0.39, 0.29) is 5.41 Å². The number of hydrogen-bond donors (Lipinski definition) is 1. The van der Waals surface area contributed by atoms with Crippen LogP contribution in [0.1, 0.15) is 44.6 Å². The highest BCUT2D eigenvalue weighted by Gasteiger charge is 2.17. The molecule has 3 heterocycles. The second kappa shape index (κ2) is 6.95. The zero-order chi connectivity index (χ0) is 17.0. The summed E-state index contributed by atoms with van der Waals surface area (Å²) in [4.78, 5) is 16.5. The van der Waals surface area contributed by atoms with E-state index < -0.39 is 0 Å². The third kappa shape index (κ3) is 4.07. The van der Waals surface area contributed by atoms with Crippen LogP contribution in [0.3, 0.4) is 0 Å². The molecule has 0 aliphatic carbocycles. The second-order valence-corrected chi connectivity index (χ2v) is 6.78. The van der Waals surface area contributed by atoms with Gasteiger partial charge in [0.25, 0.3) is 0 Å². The maximum absolute atomic E-state index is 5.30. The molecule has 0 saturated carbocycles. The maximum atomic E-state index is 5.30. The summed E-state index contributed by atoms with van der Waals surface area (Å²) in [5, 5.41) is 3.98. The standard InChI is InChI=1S/C18H23N5O/c1-4-18(2,3)11-13-12-20-15(21-13)8-9-16-22-17(23-24-16)14-7-5-6-10-19-14/h5-7,10,12H,4,8-9,11H2,1-3H3,(H,20,21). The molecule has 1 N–H and O–H groups in total. The Labute approximate surface area is 141 Å². The third-order valence-corrected chi connectivity index (χ3v) is 4.24. The average molecular weight is 325 g/mol. The van der Waals surface area contributed by atoms with Crippen LogP contribution in [0.4, 0.5) is 0 Å². The molecule has 0 saturated heterocycles. The molecular weight excluding hydrogens is 302 g/mol. The lowest BCUT2D eigenvalue weighted by molar-refractivity contribution is 0.346. The van der Waals surface area contributed by atoms with Crippen LogP contribution in [-0.4, -0.2) is 25.1 Å². The van der Waals surface area contributed by atoms with Gasteiger partial charge in [0, 0.05) is 30.9 Å². The van der Waals surface area contributed by atoms with E-state index in [2.05, 4.69) is 45.9 Å². The molecule has 3 aromatic heterocycles. The summed E-state index contributed by atoms with van der Waals surface area (Å²) in [7, 11) is 0. The molecule has 0 spiro atoms. The number of hydrogen-bond acceptors (Lipinski definition) is 5. The molecule has 0 amide bonds. The molecule has 0 aliphatic heterocycles. The van der Waals surface area contributed by atoms with Crippen LogP contribution in [0.2, 0.25) is 0 Å². The fourth-order valence-corrected chi connectivity index (χ4v) is 2.44. The van der Waals surface area contributed by atoms with Crippen molar-refractivity contribution in [2.24, 2.45) is 5.41 Å². The molecule has 0 bridgehead atoms. The zero-order valence-electron chi connectivity index (χ0n) is 14.4. The molecule has 0 atom stereocenters. The Bertz CT molecular complexity index is 776. The van der Waals surface area contributed by atoms with E-state index in [1.165, 1.54) is 5.69 Å². The number of rotatable bonds is 7. The van der Waals surface area contributed by atoms with E-state index in [0.29, 0.717) is 18.1 Å². The number of nitrogens with one attached hydrogen (secondary N) is 1. The van der Waals surface area contributed by atoms with Crippen molar-refractivity contribution in [2.75, 3.05) is 0 Å². The summed E-state index contributed by atoms with van der Waals surface area (Å²) >= 11 is 0. The predicted octanol–water partition coefficient (Wildman–Crippen LogP) is 3.62. The molecule has 6 nitrogen and oxygen atoms in total. The number of aryl methyl sites for hydroxylation is 2. The maximum Gasteiger partial charge on any atom is 0.227 e. The Kier molecular flexibility index (Phi) is 4.74. The summed E-state index contributed by atoms with van der Waals surface area (Å²) in [5.41, 5.74) is 2.18. The molecule has 24 heavy (non-hydrogen) atoms. The first-order chi connectivity index (χ1) is 11.6. The van der Waals surface area contributed by atoms with Gasteiger partial charge in [-0.3, -0.25) is 4.98 Å². The normalized spacial score (nSPS) is 11.8. The smallest absolute Gasteiger partial charge is 0.227 e. The Morgan fingerprint density at radius 1 is 1.17 bits per heavy atom. The van der Waals surface area contributed by atoms with Gasteiger partial charge in [0.1, 0.15) is 11.5 Å². The van der Waals surface area contributed by atoms with E-state index in [1.807, 2.05) is 24.4 Å². The van der Waals surface area contributed by atoms with Crippen LogP contribution >= 0.6 is 0 Å². The summed E-state index contributed by atoms with van der Waals surface area (Å²) in [5.74, 6) is 2.08. The van der Waals surface area contributed by atoms with Crippen LogP contribution in [0.15, 0.2) is 35.1 Å². The van der Waals surface area contributed by atoms with Gasteiger partial charge in [-0.2, -0.15) is 4.98 Å². The van der Waals surface area contributed by atoms with Crippen LogP contribution in [0.25, 0.3) is 11.5 Å². The number of H-pyrrole nitrogens is 1. The van der Waals surface area contributed by atoms with Crippen molar-refractivity contribution in [3.8, 4) is 11.5 Å². The Morgan fingerprint density at radius 2 is 2.04 bits per heavy atom. The minimum absolute atomic E-state index is 0.286. The van der Waals surface area contributed by atoms with E-state index in [0.717, 1.165) is 30.8 Å². The van der Waals surface area contributed by atoms with Crippen molar-refractivity contribution in [3.63, 3.8) is 0 Å². The summed E-state index contributed by atoms with van der Waals surface area (Å²) in [6, 6.07) is 5.63. The Balaban J connectivity index is 1.59. The lowest BCUT2D eigenvalue weighted by Crippen LogP contribution is -2.13. The van der Waals surface area contributed by atoms with E-state index >= 15 is 0 Å². The highest BCUT2D eigenvalue weighted by Crippen LogP contribution is 2.24. The Hall–Kier alpha value is -2.50. The van der Waals surface area contributed by atoms with Gasteiger partial charge in [-0.15, -0.1) is 0 Å². The number of aromatic amines is 1. The van der Waals surface area contributed by atoms with Gasteiger partial charge in [-0.25, -0.2) is 4.98 Å². The van der Waals surface area contributed by atoms with Gasteiger partial charge >= 0.3 is 0 Å². The van der Waals surface area contributed by atoms with Crippen molar-refractivity contribution in [3.05, 3.63) is 48.0 Å². The van der Waals surface area contributed by atoms with E-state index in [1.54, 1.807) is 6.20 Å². The van der Waals surface area contributed by atoms with Crippen LogP contribution in [-0.2, 0) is 19.3 Å². The van der Waals surface area contributed by atoms with Crippen molar-refractivity contribution >= 4 is 0 Å². The number of pyridine rings is 1. The first-order valence-electron chi connectivity index (χ1n) is 8.32.